The molecule has 1 fully saturated rings. The van der Waals surface area contributed by atoms with Crippen molar-refractivity contribution in [3.05, 3.63) is 29.6 Å². The summed E-state index contributed by atoms with van der Waals surface area (Å²) in [6.45, 7) is 0. The SMILES string of the molecule is O[C@H]1CCC[C@@H]1Nc1ccc2sccc2c1. The van der Waals surface area contributed by atoms with Crippen LogP contribution in [0.4, 0.5) is 5.69 Å². The third kappa shape index (κ3) is 1.81. The lowest BCUT2D eigenvalue weighted by molar-refractivity contribution is 0.172. The van der Waals surface area contributed by atoms with Gasteiger partial charge in [-0.3, -0.25) is 0 Å². The molecule has 0 aliphatic heterocycles. The fourth-order valence-corrected chi connectivity index (χ4v) is 3.15. The Labute approximate surface area is 98.9 Å². The second-order valence-electron chi connectivity index (χ2n) is 4.42. The van der Waals surface area contributed by atoms with Gasteiger partial charge in [-0.1, -0.05) is 0 Å². The number of aliphatic hydroxyl groups excluding tert-OH is 1. The Morgan fingerprint density at radius 1 is 1.25 bits per heavy atom. The van der Waals surface area contributed by atoms with Crippen LogP contribution in [0.5, 0.6) is 0 Å². The van der Waals surface area contributed by atoms with Crippen LogP contribution < -0.4 is 5.32 Å². The quantitative estimate of drug-likeness (QED) is 0.834. The van der Waals surface area contributed by atoms with E-state index in [4.69, 9.17) is 0 Å². The minimum Gasteiger partial charge on any atom is -0.391 e. The first-order chi connectivity index (χ1) is 7.83. The molecule has 84 valence electrons. The molecule has 2 nitrogen and oxygen atoms in total. The molecule has 2 aromatic rings. The molecule has 2 atom stereocenters. The van der Waals surface area contributed by atoms with Gasteiger partial charge in [0.1, 0.15) is 0 Å². The number of hydrogen-bond donors (Lipinski definition) is 2. The van der Waals surface area contributed by atoms with Gasteiger partial charge in [-0.25, -0.2) is 0 Å². The summed E-state index contributed by atoms with van der Waals surface area (Å²) in [7, 11) is 0. The van der Waals surface area contributed by atoms with E-state index in [0.29, 0.717) is 0 Å². The van der Waals surface area contributed by atoms with Crippen molar-refractivity contribution in [3.8, 4) is 0 Å². The summed E-state index contributed by atoms with van der Waals surface area (Å²) < 4.78 is 1.32. The lowest BCUT2D eigenvalue weighted by Gasteiger charge is -2.17. The summed E-state index contributed by atoms with van der Waals surface area (Å²) in [6.07, 6.45) is 2.94. The summed E-state index contributed by atoms with van der Waals surface area (Å²) >= 11 is 1.76. The fraction of sp³-hybridized carbons (Fsp3) is 0.385. The topological polar surface area (TPSA) is 32.3 Å². The largest absolute Gasteiger partial charge is 0.391 e. The van der Waals surface area contributed by atoms with Gasteiger partial charge in [-0.05, 0) is 54.3 Å². The molecule has 1 aromatic carbocycles. The molecule has 1 aromatic heterocycles. The minimum absolute atomic E-state index is 0.182. The Morgan fingerprint density at radius 3 is 3.00 bits per heavy atom. The summed E-state index contributed by atoms with van der Waals surface area (Å²) in [5.41, 5.74) is 1.12. The molecule has 0 radical (unpaired) electrons. The van der Waals surface area contributed by atoms with Crippen LogP contribution in [0.15, 0.2) is 29.6 Å². The number of benzene rings is 1. The standard InChI is InChI=1S/C13H15NOS/c15-12-3-1-2-11(12)14-10-4-5-13-9(8-10)6-7-16-13/h4-8,11-12,14-15H,1-3H2/t11-,12-/m0/s1. The number of aliphatic hydroxyl groups is 1. The Morgan fingerprint density at radius 2 is 2.19 bits per heavy atom. The molecule has 0 bridgehead atoms. The van der Waals surface area contributed by atoms with E-state index in [1.165, 1.54) is 10.1 Å². The van der Waals surface area contributed by atoms with Crippen LogP contribution >= 0.6 is 11.3 Å². The molecule has 1 heterocycles. The zero-order chi connectivity index (χ0) is 11.0. The smallest absolute Gasteiger partial charge is 0.0741 e. The molecule has 1 aliphatic rings. The maximum Gasteiger partial charge on any atom is 0.0741 e. The Hall–Kier alpha value is -1.06. The predicted molar refractivity (Wildman–Crippen MR) is 69.1 cm³/mol. The average Bonchev–Trinajstić information content (AvgIpc) is 2.88. The maximum atomic E-state index is 9.76. The number of nitrogens with one attached hydrogen (secondary N) is 1. The Kier molecular flexibility index (Phi) is 2.58. The molecule has 1 aliphatic carbocycles. The van der Waals surface area contributed by atoms with E-state index in [2.05, 4.69) is 35.0 Å². The summed E-state index contributed by atoms with van der Waals surface area (Å²) in [4.78, 5) is 0. The van der Waals surface area contributed by atoms with E-state index < -0.39 is 0 Å². The van der Waals surface area contributed by atoms with Crippen molar-refractivity contribution in [2.24, 2.45) is 0 Å². The Balaban J connectivity index is 1.83. The molecule has 0 spiro atoms. The lowest BCUT2D eigenvalue weighted by atomic mass is 10.2. The first kappa shape index (κ1) is 10.1. The normalized spacial score (nSPS) is 25.1. The van der Waals surface area contributed by atoms with Gasteiger partial charge in [0.2, 0.25) is 0 Å². The lowest BCUT2D eigenvalue weighted by Crippen LogP contribution is -2.27. The zero-order valence-electron chi connectivity index (χ0n) is 9.02. The molecule has 3 heteroatoms. The predicted octanol–water partition coefficient (Wildman–Crippen LogP) is 3.23. The maximum absolute atomic E-state index is 9.76. The van der Waals surface area contributed by atoms with Gasteiger partial charge in [0.15, 0.2) is 0 Å². The third-order valence-corrected chi connectivity index (χ3v) is 4.18. The van der Waals surface area contributed by atoms with Gasteiger partial charge < -0.3 is 10.4 Å². The number of anilines is 1. The van der Waals surface area contributed by atoms with Gasteiger partial charge in [0, 0.05) is 10.4 Å². The second-order valence-corrected chi connectivity index (χ2v) is 5.37. The first-order valence-electron chi connectivity index (χ1n) is 5.75. The van der Waals surface area contributed by atoms with Crippen LogP contribution in [0, 0.1) is 0 Å². The minimum atomic E-state index is -0.182. The van der Waals surface area contributed by atoms with E-state index in [-0.39, 0.29) is 12.1 Å². The number of hydrogen-bond acceptors (Lipinski definition) is 3. The van der Waals surface area contributed by atoms with Crippen LogP contribution in [0.3, 0.4) is 0 Å². The summed E-state index contributed by atoms with van der Waals surface area (Å²) in [5.74, 6) is 0. The number of fused-ring (bicyclic) bond motifs is 1. The summed E-state index contributed by atoms with van der Waals surface area (Å²) in [6, 6.07) is 8.77. The van der Waals surface area contributed by atoms with E-state index in [9.17, 15) is 5.11 Å². The van der Waals surface area contributed by atoms with Crippen molar-refractivity contribution in [2.45, 2.75) is 31.4 Å². The molecule has 0 saturated heterocycles. The molecule has 2 N–H and O–H groups in total. The monoisotopic (exact) mass is 233 g/mol. The van der Waals surface area contributed by atoms with Crippen molar-refractivity contribution >= 4 is 27.1 Å². The number of thiophene rings is 1. The van der Waals surface area contributed by atoms with E-state index in [0.717, 1.165) is 24.9 Å². The van der Waals surface area contributed by atoms with Crippen LogP contribution in [0.1, 0.15) is 19.3 Å². The second kappa shape index (κ2) is 4.07. The van der Waals surface area contributed by atoms with Crippen LogP contribution in [0.2, 0.25) is 0 Å². The molecule has 0 unspecified atom stereocenters. The zero-order valence-corrected chi connectivity index (χ0v) is 9.83. The molecule has 16 heavy (non-hydrogen) atoms. The van der Waals surface area contributed by atoms with E-state index >= 15 is 0 Å². The average molecular weight is 233 g/mol. The molecular weight excluding hydrogens is 218 g/mol. The van der Waals surface area contributed by atoms with Crippen molar-refractivity contribution in [2.75, 3.05) is 5.32 Å². The third-order valence-electron chi connectivity index (χ3n) is 3.28. The highest BCUT2D eigenvalue weighted by Gasteiger charge is 2.24. The summed E-state index contributed by atoms with van der Waals surface area (Å²) in [5, 5.41) is 16.6. The van der Waals surface area contributed by atoms with Crippen LogP contribution in [0.25, 0.3) is 10.1 Å². The molecular formula is C13H15NOS. The first-order valence-corrected chi connectivity index (χ1v) is 6.63. The van der Waals surface area contributed by atoms with Crippen molar-refractivity contribution in [1.82, 2.24) is 0 Å². The highest BCUT2D eigenvalue weighted by Crippen LogP contribution is 2.27. The van der Waals surface area contributed by atoms with Crippen molar-refractivity contribution in [3.63, 3.8) is 0 Å². The van der Waals surface area contributed by atoms with Gasteiger partial charge in [-0.15, -0.1) is 11.3 Å². The van der Waals surface area contributed by atoms with E-state index in [1.807, 2.05) is 0 Å². The fourth-order valence-electron chi connectivity index (χ4n) is 2.38. The van der Waals surface area contributed by atoms with Gasteiger partial charge >= 0.3 is 0 Å². The van der Waals surface area contributed by atoms with Crippen molar-refractivity contribution in [1.29, 1.82) is 0 Å². The van der Waals surface area contributed by atoms with Gasteiger partial charge in [0.05, 0.1) is 12.1 Å². The Bertz CT molecular complexity index is 493. The highest BCUT2D eigenvalue weighted by molar-refractivity contribution is 7.17. The van der Waals surface area contributed by atoms with Crippen molar-refractivity contribution < 1.29 is 5.11 Å². The van der Waals surface area contributed by atoms with Crippen LogP contribution in [-0.2, 0) is 0 Å². The molecule has 1 saturated carbocycles. The highest BCUT2D eigenvalue weighted by atomic mass is 32.1. The molecule has 0 amide bonds. The van der Waals surface area contributed by atoms with E-state index in [1.54, 1.807) is 11.3 Å². The number of rotatable bonds is 2. The van der Waals surface area contributed by atoms with Crippen LogP contribution in [-0.4, -0.2) is 17.3 Å². The molecule has 3 rings (SSSR count). The van der Waals surface area contributed by atoms with Gasteiger partial charge in [0.25, 0.3) is 0 Å². The van der Waals surface area contributed by atoms with Gasteiger partial charge in [-0.2, -0.15) is 0 Å².